The van der Waals surface area contributed by atoms with Gasteiger partial charge in [-0.15, -0.1) is 11.3 Å². The first kappa shape index (κ1) is 13.1. The van der Waals surface area contributed by atoms with Crippen molar-refractivity contribution < 1.29 is 9.90 Å². The Morgan fingerprint density at radius 3 is 3.00 bits per heavy atom. The fourth-order valence-corrected chi connectivity index (χ4v) is 4.44. The van der Waals surface area contributed by atoms with E-state index in [1.807, 2.05) is 0 Å². The number of thiazole rings is 1. The summed E-state index contributed by atoms with van der Waals surface area (Å²) in [6.07, 6.45) is 6.25. The molecule has 1 aromatic heterocycles. The van der Waals surface area contributed by atoms with E-state index in [4.69, 9.17) is 0 Å². The van der Waals surface area contributed by atoms with Crippen LogP contribution in [0.4, 0.5) is 0 Å². The van der Waals surface area contributed by atoms with Crippen LogP contribution in [-0.4, -0.2) is 28.6 Å². The van der Waals surface area contributed by atoms with Gasteiger partial charge < -0.3 is 10.4 Å². The van der Waals surface area contributed by atoms with Gasteiger partial charge in [0.15, 0.2) is 5.01 Å². The van der Waals surface area contributed by atoms with E-state index < -0.39 is 0 Å². The number of carbonyl (C=O) groups excluding carboxylic acids is 1. The number of nitrogens with one attached hydrogen (secondary N) is 1. The highest BCUT2D eigenvalue weighted by atomic mass is 32.1. The Morgan fingerprint density at radius 2 is 2.32 bits per heavy atom. The zero-order valence-corrected chi connectivity index (χ0v) is 11.9. The number of aromatic nitrogens is 1. The first-order valence-electron chi connectivity index (χ1n) is 7.09. The molecule has 2 N–H and O–H groups in total. The third kappa shape index (κ3) is 2.30. The first-order chi connectivity index (χ1) is 9.22. The molecule has 3 rings (SSSR count). The molecule has 0 radical (unpaired) electrons. The second-order valence-electron chi connectivity index (χ2n) is 5.66. The minimum atomic E-state index is -0.0688. The second kappa shape index (κ2) is 5.21. The predicted octanol–water partition coefficient (Wildman–Crippen LogP) is 1.84. The lowest BCUT2D eigenvalue weighted by Crippen LogP contribution is -2.45. The lowest BCUT2D eigenvalue weighted by atomic mass is 9.85. The molecule has 2 aliphatic carbocycles. The van der Waals surface area contributed by atoms with Crippen molar-refractivity contribution in [3.8, 4) is 0 Å². The number of amides is 1. The number of rotatable bonds is 4. The van der Waals surface area contributed by atoms with E-state index in [0.717, 1.165) is 17.7 Å². The smallest absolute Gasteiger partial charge is 0.280 e. The predicted molar refractivity (Wildman–Crippen MR) is 74.2 cm³/mol. The van der Waals surface area contributed by atoms with E-state index in [2.05, 4.69) is 17.2 Å². The Balaban J connectivity index is 1.69. The SMILES string of the molecule is CCc1cnc(C(=O)NC2C3CCC(C3)C2CO)s1. The van der Waals surface area contributed by atoms with Crippen LogP contribution in [0.1, 0.15) is 40.9 Å². The van der Waals surface area contributed by atoms with Crippen molar-refractivity contribution in [2.45, 2.75) is 38.6 Å². The number of carbonyl (C=O) groups is 1. The highest BCUT2D eigenvalue weighted by molar-refractivity contribution is 7.13. The fraction of sp³-hybridized carbons (Fsp3) is 0.714. The van der Waals surface area contributed by atoms with Crippen LogP contribution in [0.5, 0.6) is 0 Å². The van der Waals surface area contributed by atoms with Gasteiger partial charge in [0.25, 0.3) is 5.91 Å². The molecule has 4 atom stereocenters. The van der Waals surface area contributed by atoms with Crippen LogP contribution in [-0.2, 0) is 6.42 Å². The van der Waals surface area contributed by atoms with Crippen LogP contribution in [0.25, 0.3) is 0 Å². The Morgan fingerprint density at radius 1 is 1.53 bits per heavy atom. The van der Waals surface area contributed by atoms with Crippen molar-refractivity contribution in [1.29, 1.82) is 0 Å². The summed E-state index contributed by atoms with van der Waals surface area (Å²) < 4.78 is 0. The van der Waals surface area contributed by atoms with Crippen molar-refractivity contribution >= 4 is 17.2 Å². The molecule has 1 aromatic rings. The van der Waals surface area contributed by atoms with Gasteiger partial charge in [0.05, 0.1) is 0 Å². The number of aliphatic hydroxyl groups excluding tert-OH is 1. The Labute approximate surface area is 117 Å². The van der Waals surface area contributed by atoms with Crippen molar-refractivity contribution in [2.75, 3.05) is 6.61 Å². The molecule has 0 saturated heterocycles. The van der Waals surface area contributed by atoms with Gasteiger partial charge in [-0.05, 0) is 37.5 Å². The van der Waals surface area contributed by atoms with Gasteiger partial charge >= 0.3 is 0 Å². The average Bonchev–Trinajstić information content (AvgIpc) is 3.13. The summed E-state index contributed by atoms with van der Waals surface area (Å²) in [6, 6.07) is 0.144. The van der Waals surface area contributed by atoms with Crippen LogP contribution in [0, 0.1) is 17.8 Å². The minimum absolute atomic E-state index is 0.0688. The molecule has 1 amide bonds. The zero-order valence-electron chi connectivity index (χ0n) is 11.1. The standard InChI is InChI=1S/C14H20N2O2S/c1-2-10-6-15-14(19-10)13(18)16-12-9-4-3-8(5-9)11(12)7-17/h6,8-9,11-12,17H,2-5,7H2,1H3,(H,16,18). The summed E-state index contributed by atoms with van der Waals surface area (Å²) in [5.74, 6) is 1.33. The highest BCUT2D eigenvalue weighted by Gasteiger charge is 2.47. The van der Waals surface area contributed by atoms with E-state index >= 15 is 0 Å². The van der Waals surface area contributed by atoms with Crippen LogP contribution in [0.3, 0.4) is 0 Å². The summed E-state index contributed by atoms with van der Waals surface area (Å²) in [4.78, 5) is 17.5. The summed E-state index contributed by atoms with van der Waals surface area (Å²) in [6.45, 7) is 2.25. The molecular formula is C14H20N2O2S. The highest BCUT2D eigenvalue weighted by Crippen LogP contribution is 2.48. The molecule has 0 spiro atoms. The van der Waals surface area contributed by atoms with Crippen LogP contribution in [0.2, 0.25) is 0 Å². The average molecular weight is 280 g/mol. The number of hydrogen-bond donors (Lipinski definition) is 2. The summed E-state index contributed by atoms with van der Waals surface area (Å²) in [5.41, 5.74) is 0. The molecule has 2 fully saturated rings. The maximum atomic E-state index is 12.2. The Kier molecular flexibility index (Phi) is 3.58. The number of nitrogens with zero attached hydrogens (tertiary/aromatic N) is 1. The normalized spacial score (nSPS) is 32.7. The van der Waals surface area contributed by atoms with Gasteiger partial charge in [-0.25, -0.2) is 4.98 Å². The van der Waals surface area contributed by atoms with Crippen LogP contribution < -0.4 is 5.32 Å². The van der Waals surface area contributed by atoms with Crippen molar-refractivity contribution in [1.82, 2.24) is 10.3 Å². The van der Waals surface area contributed by atoms with Crippen molar-refractivity contribution in [2.24, 2.45) is 17.8 Å². The van der Waals surface area contributed by atoms with Crippen LogP contribution in [0.15, 0.2) is 6.20 Å². The maximum Gasteiger partial charge on any atom is 0.280 e. The van der Waals surface area contributed by atoms with Gasteiger partial charge in [-0.3, -0.25) is 4.79 Å². The molecule has 4 nitrogen and oxygen atoms in total. The summed E-state index contributed by atoms with van der Waals surface area (Å²) in [7, 11) is 0. The quantitative estimate of drug-likeness (QED) is 0.884. The lowest BCUT2D eigenvalue weighted by molar-refractivity contribution is 0.0861. The van der Waals surface area contributed by atoms with Gasteiger partial charge in [0.1, 0.15) is 0 Å². The molecule has 1 heterocycles. The van der Waals surface area contributed by atoms with E-state index in [-0.39, 0.29) is 24.5 Å². The van der Waals surface area contributed by atoms with E-state index in [0.29, 0.717) is 16.8 Å². The Bertz CT molecular complexity index is 474. The molecule has 0 aromatic carbocycles. The maximum absolute atomic E-state index is 12.2. The third-order valence-corrected chi connectivity index (χ3v) is 5.83. The van der Waals surface area contributed by atoms with Gasteiger partial charge in [-0.1, -0.05) is 6.92 Å². The van der Waals surface area contributed by atoms with E-state index in [1.165, 1.54) is 24.2 Å². The molecule has 2 aliphatic rings. The Hall–Kier alpha value is -0.940. The summed E-state index contributed by atoms with van der Waals surface area (Å²) in [5, 5.41) is 13.2. The molecule has 19 heavy (non-hydrogen) atoms. The largest absolute Gasteiger partial charge is 0.396 e. The molecule has 0 aliphatic heterocycles. The van der Waals surface area contributed by atoms with Crippen molar-refractivity contribution in [3.05, 3.63) is 16.1 Å². The fourth-order valence-electron chi connectivity index (χ4n) is 3.69. The minimum Gasteiger partial charge on any atom is -0.396 e. The monoisotopic (exact) mass is 280 g/mol. The number of fused-ring (bicyclic) bond motifs is 2. The molecular weight excluding hydrogens is 260 g/mol. The summed E-state index contributed by atoms with van der Waals surface area (Å²) >= 11 is 1.47. The van der Waals surface area contributed by atoms with Crippen molar-refractivity contribution in [3.63, 3.8) is 0 Å². The zero-order chi connectivity index (χ0) is 13.4. The van der Waals surface area contributed by atoms with Crippen LogP contribution >= 0.6 is 11.3 Å². The lowest BCUT2D eigenvalue weighted by Gasteiger charge is -2.30. The molecule has 5 heteroatoms. The number of aryl methyl sites for hydroxylation is 1. The second-order valence-corrected chi connectivity index (χ2v) is 6.78. The van der Waals surface area contributed by atoms with E-state index in [9.17, 15) is 9.90 Å². The first-order valence-corrected chi connectivity index (χ1v) is 7.91. The van der Waals surface area contributed by atoms with Gasteiger partial charge in [-0.2, -0.15) is 0 Å². The topological polar surface area (TPSA) is 62.2 Å². The van der Waals surface area contributed by atoms with Gasteiger partial charge in [0, 0.05) is 29.6 Å². The molecule has 2 bridgehead atoms. The molecule has 2 saturated carbocycles. The van der Waals surface area contributed by atoms with Gasteiger partial charge in [0.2, 0.25) is 0 Å². The molecule has 4 unspecified atom stereocenters. The number of hydrogen-bond acceptors (Lipinski definition) is 4. The molecule has 104 valence electrons. The number of aliphatic hydroxyl groups is 1. The van der Waals surface area contributed by atoms with E-state index in [1.54, 1.807) is 6.20 Å². The third-order valence-electron chi connectivity index (χ3n) is 4.69.